The van der Waals surface area contributed by atoms with Crippen LogP contribution in [-0.2, 0) is 14.2 Å². The number of ether oxygens (including phenoxy) is 3. The highest BCUT2D eigenvalue weighted by Crippen LogP contribution is 2.43. The van der Waals surface area contributed by atoms with Gasteiger partial charge in [-0.3, -0.25) is 0 Å². The van der Waals surface area contributed by atoms with Crippen LogP contribution in [0.1, 0.15) is 17.4 Å². The number of rotatable bonds is 2. The van der Waals surface area contributed by atoms with Gasteiger partial charge >= 0.3 is 0 Å². The molecule has 0 aromatic heterocycles. The summed E-state index contributed by atoms with van der Waals surface area (Å²) in [5.41, 5.74) is 1.10. The van der Waals surface area contributed by atoms with Gasteiger partial charge in [0.2, 0.25) is 0 Å². The number of fused-ring (bicyclic) bond motifs is 1. The first-order valence-corrected chi connectivity index (χ1v) is 7.40. The highest BCUT2D eigenvalue weighted by Gasteiger charge is 2.43. The van der Waals surface area contributed by atoms with Crippen molar-refractivity contribution in [1.82, 2.24) is 0 Å². The SMILES string of the molecule is CO[C@@H]1C[C@H](O)[C@@H]2S[C@H](c3ccccc3)OC[C@H]2O1. The Kier molecular flexibility index (Phi) is 4.10. The minimum absolute atomic E-state index is 0.0280. The Bertz CT molecular complexity index is 413. The van der Waals surface area contributed by atoms with Gasteiger partial charge in [-0.1, -0.05) is 30.3 Å². The van der Waals surface area contributed by atoms with Gasteiger partial charge in [0, 0.05) is 13.5 Å². The Balaban J connectivity index is 1.70. The molecule has 4 nitrogen and oxygen atoms in total. The molecular formula is C14H18O4S. The molecule has 2 fully saturated rings. The van der Waals surface area contributed by atoms with Crippen LogP contribution in [0.25, 0.3) is 0 Å². The second kappa shape index (κ2) is 5.81. The molecule has 5 atom stereocenters. The predicted octanol–water partition coefficient (Wildman–Crippen LogP) is 1.94. The molecule has 0 spiro atoms. The van der Waals surface area contributed by atoms with E-state index in [1.807, 2.05) is 30.3 Å². The van der Waals surface area contributed by atoms with Crippen molar-refractivity contribution in [3.8, 4) is 0 Å². The Labute approximate surface area is 117 Å². The first kappa shape index (κ1) is 13.4. The fourth-order valence-corrected chi connectivity index (χ4v) is 3.89. The normalized spacial score (nSPS) is 38.7. The number of hydrogen-bond acceptors (Lipinski definition) is 5. The summed E-state index contributed by atoms with van der Waals surface area (Å²) in [6, 6.07) is 10.1. The molecule has 1 aromatic carbocycles. The maximum Gasteiger partial charge on any atom is 0.160 e. The molecule has 0 unspecified atom stereocenters. The van der Waals surface area contributed by atoms with Gasteiger partial charge < -0.3 is 19.3 Å². The van der Waals surface area contributed by atoms with Gasteiger partial charge in [-0.05, 0) is 5.56 Å². The summed E-state index contributed by atoms with van der Waals surface area (Å²) in [6.07, 6.45) is -0.317. The molecule has 1 N–H and O–H groups in total. The van der Waals surface area contributed by atoms with E-state index in [4.69, 9.17) is 14.2 Å². The number of aliphatic hydroxyl groups excluding tert-OH is 1. The zero-order valence-electron chi connectivity index (χ0n) is 10.8. The third-order valence-corrected chi connectivity index (χ3v) is 5.12. The maximum absolute atomic E-state index is 10.2. The fourth-order valence-electron chi connectivity index (χ4n) is 2.52. The van der Waals surface area contributed by atoms with Gasteiger partial charge in [0.1, 0.15) is 5.44 Å². The van der Waals surface area contributed by atoms with E-state index in [-0.39, 0.29) is 23.1 Å². The quantitative estimate of drug-likeness (QED) is 0.898. The van der Waals surface area contributed by atoms with E-state index < -0.39 is 6.10 Å². The number of aliphatic hydroxyl groups is 1. The Morgan fingerprint density at radius 1 is 1.32 bits per heavy atom. The van der Waals surface area contributed by atoms with Crippen LogP contribution in [0.2, 0.25) is 0 Å². The van der Waals surface area contributed by atoms with Crippen molar-refractivity contribution in [2.75, 3.05) is 13.7 Å². The minimum atomic E-state index is -0.413. The van der Waals surface area contributed by atoms with Crippen molar-refractivity contribution in [3.05, 3.63) is 35.9 Å². The van der Waals surface area contributed by atoms with Gasteiger partial charge in [0.25, 0.3) is 0 Å². The lowest BCUT2D eigenvalue weighted by atomic mass is 10.0. The summed E-state index contributed by atoms with van der Waals surface area (Å²) in [5.74, 6) is 0. The third kappa shape index (κ3) is 2.80. The third-order valence-electron chi connectivity index (χ3n) is 3.53. The first-order valence-electron chi connectivity index (χ1n) is 6.46. The van der Waals surface area contributed by atoms with Crippen LogP contribution in [0.5, 0.6) is 0 Å². The molecule has 19 heavy (non-hydrogen) atoms. The lowest BCUT2D eigenvalue weighted by Crippen LogP contribution is -2.51. The van der Waals surface area contributed by atoms with Crippen LogP contribution in [0, 0.1) is 0 Å². The minimum Gasteiger partial charge on any atom is -0.392 e. The lowest BCUT2D eigenvalue weighted by Gasteiger charge is -2.43. The molecule has 2 aliphatic rings. The van der Waals surface area contributed by atoms with Crippen molar-refractivity contribution in [2.45, 2.75) is 35.6 Å². The number of benzene rings is 1. The average molecular weight is 282 g/mol. The van der Waals surface area contributed by atoms with Crippen LogP contribution in [0.15, 0.2) is 30.3 Å². The molecule has 1 aromatic rings. The van der Waals surface area contributed by atoms with E-state index >= 15 is 0 Å². The Morgan fingerprint density at radius 3 is 2.84 bits per heavy atom. The number of methoxy groups -OCH3 is 1. The lowest BCUT2D eigenvalue weighted by molar-refractivity contribution is -0.215. The fraction of sp³-hybridized carbons (Fsp3) is 0.571. The second-order valence-electron chi connectivity index (χ2n) is 4.82. The van der Waals surface area contributed by atoms with E-state index in [9.17, 15) is 5.11 Å². The van der Waals surface area contributed by atoms with Crippen LogP contribution < -0.4 is 0 Å². The van der Waals surface area contributed by atoms with Crippen LogP contribution in [-0.4, -0.2) is 42.6 Å². The molecule has 3 rings (SSSR count). The van der Waals surface area contributed by atoms with Crippen molar-refractivity contribution >= 4 is 11.8 Å². The first-order chi connectivity index (χ1) is 9.28. The number of hydrogen-bond donors (Lipinski definition) is 1. The second-order valence-corrected chi connectivity index (χ2v) is 6.06. The highest BCUT2D eigenvalue weighted by atomic mass is 32.2. The Hall–Kier alpha value is -0.590. The molecule has 2 aliphatic heterocycles. The van der Waals surface area contributed by atoms with Crippen molar-refractivity contribution in [3.63, 3.8) is 0 Å². The van der Waals surface area contributed by atoms with Gasteiger partial charge in [0.05, 0.1) is 24.1 Å². The molecular weight excluding hydrogens is 264 g/mol. The standard InChI is InChI=1S/C14H18O4S/c1-16-12-7-10(15)13-11(18-12)8-17-14(19-13)9-5-3-2-4-6-9/h2-6,10-15H,7-8H2,1H3/t10-,11+,12-,13-,14+/m0/s1. The van der Waals surface area contributed by atoms with E-state index in [1.165, 1.54) is 0 Å². The molecule has 104 valence electrons. The van der Waals surface area contributed by atoms with Crippen molar-refractivity contribution in [2.24, 2.45) is 0 Å². The average Bonchev–Trinajstić information content (AvgIpc) is 2.47. The topological polar surface area (TPSA) is 47.9 Å². The highest BCUT2D eigenvalue weighted by molar-refractivity contribution is 8.00. The summed E-state index contributed by atoms with van der Waals surface area (Å²) >= 11 is 1.64. The zero-order valence-corrected chi connectivity index (χ0v) is 11.6. The predicted molar refractivity (Wildman–Crippen MR) is 72.8 cm³/mol. The summed E-state index contributed by atoms with van der Waals surface area (Å²) in [5, 5.41) is 10.3. The van der Waals surface area contributed by atoms with Crippen molar-refractivity contribution < 1.29 is 19.3 Å². The van der Waals surface area contributed by atoms with Gasteiger partial charge in [-0.15, -0.1) is 11.8 Å². The molecule has 0 bridgehead atoms. The summed E-state index contributed by atoms with van der Waals surface area (Å²) < 4.78 is 16.8. The van der Waals surface area contributed by atoms with E-state index in [2.05, 4.69) is 0 Å². The molecule has 2 saturated heterocycles. The molecule has 0 amide bonds. The Morgan fingerprint density at radius 2 is 2.11 bits per heavy atom. The van der Waals surface area contributed by atoms with Crippen LogP contribution in [0.4, 0.5) is 0 Å². The summed E-state index contributed by atoms with van der Waals surface area (Å²) in [6.45, 7) is 0.494. The van der Waals surface area contributed by atoms with E-state index in [1.54, 1.807) is 18.9 Å². The van der Waals surface area contributed by atoms with Crippen LogP contribution >= 0.6 is 11.8 Å². The smallest absolute Gasteiger partial charge is 0.160 e. The van der Waals surface area contributed by atoms with Gasteiger partial charge in [-0.25, -0.2) is 0 Å². The van der Waals surface area contributed by atoms with Gasteiger partial charge in [0.15, 0.2) is 6.29 Å². The summed E-state index contributed by atoms with van der Waals surface area (Å²) in [7, 11) is 1.60. The molecule has 0 radical (unpaired) electrons. The van der Waals surface area contributed by atoms with Crippen LogP contribution in [0.3, 0.4) is 0 Å². The van der Waals surface area contributed by atoms with Gasteiger partial charge in [-0.2, -0.15) is 0 Å². The molecule has 5 heteroatoms. The zero-order chi connectivity index (χ0) is 13.2. The monoisotopic (exact) mass is 282 g/mol. The largest absolute Gasteiger partial charge is 0.392 e. The molecule has 0 aliphatic carbocycles. The number of thioether (sulfide) groups is 1. The maximum atomic E-state index is 10.2. The van der Waals surface area contributed by atoms with E-state index in [0.717, 1.165) is 5.56 Å². The molecule has 2 heterocycles. The van der Waals surface area contributed by atoms with Crippen molar-refractivity contribution in [1.29, 1.82) is 0 Å². The summed E-state index contributed by atoms with van der Waals surface area (Å²) in [4.78, 5) is 0. The molecule has 0 saturated carbocycles. The van der Waals surface area contributed by atoms with E-state index in [0.29, 0.717) is 13.0 Å².